The van der Waals surface area contributed by atoms with Gasteiger partial charge in [0.2, 0.25) is 10.0 Å². The van der Waals surface area contributed by atoms with E-state index in [1.807, 2.05) is 5.43 Å². The molecule has 0 radical (unpaired) electrons. The number of aryl methyl sites for hydroxylation is 1. The minimum Gasteiger partial charge on any atom is -0.345 e. The predicted octanol–water partition coefficient (Wildman–Crippen LogP) is -1.12. The molecule has 1 aromatic heterocycles. The fourth-order valence-corrected chi connectivity index (χ4v) is 2.16. The first-order chi connectivity index (χ1) is 7.30. The molecule has 0 aromatic carbocycles. The van der Waals surface area contributed by atoms with Crippen LogP contribution in [0, 0.1) is 0 Å². The summed E-state index contributed by atoms with van der Waals surface area (Å²) in [6, 6.07) is 1.28. The molecule has 0 spiro atoms. The second-order valence-corrected chi connectivity index (χ2v) is 5.58. The maximum absolute atomic E-state index is 11.8. The van der Waals surface area contributed by atoms with Gasteiger partial charge in [0.05, 0.1) is 0 Å². The fraction of sp³-hybridized carbons (Fsp3) is 0.375. The van der Waals surface area contributed by atoms with Crippen LogP contribution in [0.5, 0.6) is 0 Å². The summed E-state index contributed by atoms with van der Waals surface area (Å²) in [5, 5.41) is 0. The molecular weight excluding hydrogens is 232 g/mol. The number of carbonyl (C=O) groups is 1. The first-order valence-electron chi connectivity index (χ1n) is 4.40. The lowest BCUT2D eigenvalue weighted by molar-refractivity contribution is 0.0945. The molecule has 7 nitrogen and oxygen atoms in total. The average Bonchev–Trinajstić information content (AvgIpc) is 2.59. The summed E-state index contributed by atoms with van der Waals surface area (Å²) in [7, 11) is 0.883. The third kappa shape index (κ3) is 2.08. The molecule has 16 heavy (non-hydrogen) atoms. The molecule has 0 saturated heterocycles. The molecule has 0 saturated carbocycles. The van der Waals surface area contributed by atoms with E-state index in [1.54, 1.807) is 7.05 Å². The lowest BCUT2D eigenvalue weighted by Gasteiger charge is -2.08. The molecule has 1 heterocycles. The first-order valence-corrected chi connectivity index (χ1v) is 5.84. The highest BCUT2D eigenvalue weighted by Crippen LogP contribution is 2.16. The average molecular weight is 246 g/mol. The van der Waals surface area contributed by atoms with Gasteiger partial charge in [0.15, 0.2) is 0 Å². The number of aromatic nitrogens is 1. The van der Waals surface area contributed by atoms with E-state index in [2.05, 4.69) is 0 Å². The van der Waals surface area contributed by atoms with Gasteiger partial charge in [0.1, 0.15) is 10.6 Å². The Morgan fingerprint density at radius 1 is 1.50 bits per heavy atom. The van der Waals surface area contributed by atoms with Crippen LogP contribution in [0.1, 0.15) is 10.5 Å². The number of hydrogen-bond acceptors (Lipinski definition) is 4. The summed E-state index contributed by atoms with van der Waals surface area (Å²) >= 11 is 0. The van der Waals surface area contributed by atoms with Gasteiger partial charge in [0, 0.05) is 27.3 Å². The third-order valence-corrected chi connectivity index (χ3v) is 3.90. The standard InChI is InChI=1S/C8H14N4O3S/c1-11(2)16(14,15)6-4-7(8(13)10-9)12(3)5-6/h4-5H,9H2,1-3H3,(H,10,13). The summed E-state index contributed by atoms with van der Waals surface area (Å²) in [5.41, 5.74) is 2.13. The normalized spacial score (nSPS) is 11.8. The van der Waals surface area contributed by atoms with Crippen molar-refractivity contribution in [1.82, 2.24) is 14.3 Å². The Kier molecular flexibility index (Phi) is 3.36. The van der Waals surface area contributed by atoms with E-state index in [9.17, 15) is 13.2 Å². The van der Waals surface area contributed by atoms with Crippen molar-refractivity contribution in [3.05, 3.63) is 18.0 Å². The van der Waals surface area contributed by atoms with Crippen LogP contribution < -0.4 is 11.3 Å². The second-order valence-electron chi connectivity index (χ2n) is 3.43. The van der Waals surface area contributed by atoms with Crippen molar-refractivity contribution >= 4 is 15.9 Å². The lowest BCUT2D eigenvalue weighted by Crippen LogP contribution is -2.31. The van der Waals surface area contributed by atoms with Crippen molar-refractivity contribution in [1.29, 1.82) is 0 Å². The van der Waals surface area contributed by atoms with Crippen molar-refractivity contribution in [3.8, 4) is 0 Å². The number of nitrogens with zero attached hydrogens (tertiary/aromatic N) is 2. The molecular formula is C8H14N4O3S. The largest absolute Gasteiger partial charge is 0.345 e. The summed E-state index contributed by atoms with van der Waals surface area (Å²) < 4.78 is 26.0. The van der Waals surface area contributed by atoms with Crippen LogP contribution in [-0.2, 0) is 17.1 Å². The zero-order valence-electron chi connectivity index (χ0n) is 9.26. The maximum atomic E-state index is 11.8. The molecule has 1 aromatic rings. The van der Waals surface area contributed by atoms with Gasteiger partial charge in [-0.05, 0) is 6.07 Å². The van der Waals surface area contributed by atoms with Crippen LogP contribution in [0.4, 0.5) is 0 Å². The highest BCUT2D eigenvalue weighted by Gasteiger charge is 2.21. The second kappa shape index (κ2) is 4.24. The third-order valence-electron chi connectivity index (χ3n) is 2.12. The molecule has 1 rings (SSSR count). The zero-order valence-corrected chi connectivity index (χ0v) is 10.1. The van der Waals surface area contributed by atoms with E-state index in [0.717, 1.165) is 4.31 Å². The highest BCUT2D eigenvalue weighted by atomic mass is 32.2. The predicted molar refractivity (Wildman–Crippen MR) is 57.9 cm³/mol. The molecule has 0 fully saturated rings. The lowest BCUT2D eigenvalue weighted by atomic mass is 10.4. The monoisotopic (exact) mass is 246 g/mol. The molecule has 0 unspecified atom stereocenters. The van der Waals surface area contributed by atoms with Gasteiger partial charge in [-0.3, -0.25) is 10.2 Å². The number of nitrogens with one attached hydrogen (secondary N) is 1. The van der Waals surface area contributed by atoms with E-state index in [0.29, 0.717) is 0 Å². The molecule has 1 amide bonds. The Morgan fingerprint density at radius 3 is 2.50 bits per heavy atom. The summed E-state index contributed by atoms with van der Waals surface area (Å²) in [6.45, 7) is 0. The first kappa shape index (κ1) is 12.7. The van der Waals surface area contributed by atoms with Crippen LogP contribution in [-0.4, -0.2) is 37.3 Å². The number of rotatable bonds is 3. The van der Waals surface area contributed by atoms with Gasteiger partial charge in [0.25, 0.3) is 5.91 Å². The smallest absolute Gasteiger partial charge is 0.281 e. The fourth-order valence-electron chi connectivity index (χ4n) is 1.19. The van der Waals surface area contributed by atoms with Crippen molar-refractivity contribution < 1.29 is 13.2 Å². The molecule has 0 aliphatic carbocycles. The van der Waals surface area contributed by atoms with E-state index in [1.165, 1.54) is 30.9 Å². The van der Waals surface area contributed by atoms with Gasteiger partial charge >= 0.3 is 0 Å². The van der Waals surface area contributed by atoms with Crippen molar-refractivity contribution in [2.75, 3.05) is 14.1 Å². The van der Waals surface area contributed by atoms with Crippen LogP contribution in [0.3, 0.4) is 0 Å². The van der Waals surface area contributed by atoms with Gasteiger partial charge in [-0.15, -0.1) is 0 Å². The Morgan fingerprint density at radius 2 is 2.06 bits per heavy atom. The molecule has 8 heteroatoms. The summed E-state index contributed by atoms with van der Waals surface area (Å²) in [5.74, 6) is 4.44. The number of nitrogen functional groups attached to an aromatic ring is 1. The maximum Gasteiger partial charge on any atom is 0.281 e. The van der Waals surface area contributed by atoms with Crippen LogP contribution in [0.15, 0.2) is 17.2 Å². The van der Waals surface area contributed by atoms with Crippen LogP contribution >= 0.6 is 0 Å². The molecule has 3 N–H and O–H groups in total. The number of hydrogen-bond donors (Lipinski definition) is 2. The van der Waals surface area contributed by atoms with Crippen LogP contribution in [0.25, 0.3) is 0 Å². The minimum atomic E-state index is -3.53. The van der Waals surface area contributed by atoms with Gasteiger partial charge in [-0.2, -0.15) is 0 Å². The summed E-state index contributed by atoms with van der Waals surface area (Å²) in [4.78, 5) is 11.3. The summed E-state index contributed by atoms with van der Waals surface area (Å²) in [6.07, 6.45) is 1.36. The SMILES string of the molecule is CN(C)S(=O)(=O)c1cc(C(=O)NN)n(C)c1. The number of amides is 1. The number of hydrazine groups is 1. The minimum absolute atomic E-state index is 0.0543. The molecule has 0 bridgehead atoms. The Hall–Kier alpha value is -1.38. The molecule has 0 aliphatic rings. The van der Waals surface area contributed by atoms with E-state index < -0.39 is 15.9 Å². The molecule has 90 valence electrons. The number of carbonyl (C=O) groups excluding carboxylic acids is 1. The number of sulfonamides is 1. The molecule has 0 atom stereocenters. The van der Waals surface area contributed by atoms with E-state index in [-0.39, 0.29) is 10.6 Å². The van der Waals surface area contributed by atoms with Crippen LogP contribution in [0.2, 0.25) is 0 Å². The highest BCUT2D eigenvalue weighted by molar-refractivity contribution is 7.89. The van der Waals surface area contributed by atoms with Gasteiger partial charge < -0.3 is 4.57 Å². The molecule has 0 aliphatic heterocycles. The van der Waals surface area contributed by atoms with Crippen molar-refractivity contribution in [2.24, 2.45) is 12.9 Å². The topological polar surface area (TPSA) is 97.4 Å². The Labute approximate surface area is 93.9 Å². The van der Waals surface area contributed by atoms with Gasteiger partial charge in [-0.25, -0.2) is 18.6 Å². The van der Waals surface area contributed by atoms with Crippen molar-refractivity contribution in [3.63, 3.8) is 0 Å². The van der Waals surface area contributed by atoms with E-state index >= 15 is 0 Å². The number of nitrogens with two attached hydrogens (primary N) is 1. The zero-order chi connectivity index (χ0) is 12.5. The Balaban J connectivity index is 3.26. The Bertz CT molecular complexity index is 503. The van der Waals surface area contributed by atoms with E-state index in [4.69, 9.17) is 5.84 Å². The van der Waals surface area contributed by atoms with Crippen molar-refractivity contribution in [2.45, 2.75) is 4.90 Å². The van der Waals surface area contributed by atoms with Gasteiger partial charge in [-0.1, -0.05) is 0 Å². The quantitative estimate of drug-likeness (QED) is 0.401.